The monoisotopic (exact) mass is 388 g/mol. The fraction of sp³-hybridized carbons (Fsp3) is 0.250. The summed E-state index contributed by atoms with van der Waals surface area (Å²) in [6, 6.07) is 13.7. The van der Waals surface area contributed by atoms with Crippen LogP contribution in [0.25, 0.3) is 6.08 Å². The minimum atomic E-state index is -3.46. The first kappa shape index (κ1) is 20.7. The zero-order chi connectivity index (χ0) is 19.9. The maximum absolute atomic E-state index is 12.1. The Bertz CT molecular complexity index is 889. The van der Waals surface area contributed by atoms with Crippen LogP contribution in [0.1, 0.15) is 31.0 Å². The van der Waals surface area contributed by atoms with Crippen LogP contribution in [0, 0.1) is 0 Å². The molecule has 0 fully saturated rings. The third-order valence-corrected chi connectivity index (χ3v) is 5.37. The van der Waals surface area contributed by atoms with Crippen molar-refractivity contribution < 1.29 is 17.9 Å². The third kappa shape index (κ3) is 5.94. The normalized spacial score (nSPS) is 12.7. The number of rotatable bonds is 8. The largest absolute Gasteiger partial charge is 0.494 e. The van der Waals surface area contributed by atoms with Crippen molar-refractivity contribution in [1.82, 2.24) is 10.0 Å². The van der Waals surface area contributed by atoms with Gasteiger partial charge < -0.3 is 10.1 Å². The molecule has 0 heterocycles. The van der Waals surface area contributed by atoms with Crippen LogP contribution in [0.3, 0.4) is 0 Å². The van der Waals surface area contributed by atoms with Crippen LogP contribution in [0.5, 0.6) is 5.75 Å². The number of carbonyl (C=O) groups excluding carboxylic acids is 1. The smallest absolute Gasteiger partial charge is 0.244 e. The van der Waals surface area contributed by atoms with Gasteiger partial charge in [-0.15, -0.1) is 0 Å². The van der Waals surface area contributed by atoms with Crippen molar-refractivity contribution >= 4 is 22.0 Å². The summed E-state index contributed by atoms with van der Waals surface area (Å²) in [6.07, 6.45) is 3.06. The molecule has 144 valence electrons. The van der Waals surface area contributed by atoms with Gasteiger partial charge in [-0.1, -0.05) is 24.3 Å². The van der Waals surface area contributed by atoms with Gasteiger partial charge >= 0.3 is 0 Å². The molecule has 2 rings (SSSR count). The first-order valence-corrected chi connectivity index (χ1v) is 10.1. The van der Waals surface area contributed by atoms with Gasteiger partial charge in [-0.05, 0) is 62.4 Å². The van der Waals surface area contributed by atoms with E-state index in [1.54, 1.807) is 18.2 Å². The summed E-state index contributed by atoms with van der Waals surface area (Å²) in [4.78, 5) is 12.3. The van der Waals surface area contributed by atoms with Crippen LogP contribution in [-0.2, 0) is 14.8 Å². The summed E-state index contributed by atoms with van der Waals surface area (Å²) < 4.78 is 31.0. The van der Waals surface area contributed by atoms with E-state index in [2.05, 4.69) is 10.0 Å². The van der Waals surface area contributed by atoms with Crippen molar-refractivity contribution in [2.45, 2.75) is 24.8 Å². The molecular weight excluding hydrogens is 364 g/mol. The standard InChI is InChI=1S/C20H24N2O4S/c1-4-26-18-10-8-17(9-11-18)15(2)22-20(23)14-7-16-5-12-19(13-6-16)27(24,25)21-3/h5-15,21H,4H2,1-3H3,(H,22,23)/b14-7+. The summed E-state index contributed by atoms with van der Waals surface area (Å²) in [7, 11) is -2.10. The fourth-order valence-corrected chi connectivity index (χ4v) is 3.14. The summed E-state index contributed by atoms with van der Waals surface area (Å²) in [5.74, 6) is 0.562. The van der Waals surface area contributed by atoms with E-state index in [9.17, 15) is 13.2 Å². The predicted octanol–water partition coefficient (Wildman–Crippen LogP) is 2.88. The van der Waals surface area contributed by atoms with E-state index in [4.69, 9.17) is 4.74 Å². The molecule has 1 amide bonds. The summed E-state index contributed by atoms with van der Waals surface area (Å²) in [5, 5.41) is 2.89. The SMILES string of the molecule is CCOc1ccc(C(C)NC(=O)/C=C/c2ccc(S(=O)(=O)NC)cc2)cc1. The van der Waals surface area contributed by atoms with E-state index < -0.39 is 10.0 Å². The van der Waals surface area contributed by atoms with E-state index >= 15 is 0 Å². The predicted molar refractivity (Wildman–Crippen MR) is 106 cm³/mol. The van der Waals surface area contributed by atoms with E-state index in [1.807, 2.05) is 38.1 Å². The maximum Gasteiger partial charge on any atom is 0.244 e. The minimum Gasteiger partial charge on any atom is -0.494 e. The molecule has 1 unspecified atom stereocenters. The van der Waals surface area contributed by atoms with Crippen LogP contribution in [0.15, 0.2) is 59.5 Å². The van der Waals surface area contributed by atoms with Gasteiger partial charge in [0.05, 0.1) is 17.5 Å². The first-order chi connectivity index (χ1) is 12.9. The average Bonchev–Trinajstić information content (AvgIpc) is 2.67. The third-order valence-electron chi connectivity index (χ3n) is 3.94. The highest BCUT2D eigenvalue weighted by Crippen LogP contribution is 2.17. The Labute approximate surface area is 160 Å². The molecule has 0 aliphatic heterocycles. The molecule has 2 aromatic rings. The Morgan fingerprint density at radius 3 is 2.30 bits per heavy atom. The van der Waals surface area contributed by atoms with Crippen LogP contribution in [-0.4, -0.2) is 28.0 Å². The van der Waals surface area contributed by atoms with Gasteiger partial charge in [0.25, 0.3) is 0 Å². The molecule has 0 aliphatic carbocycles. The van der Waals surface area contributed by atoms with Crippen LogP contribution in [0.2, 0.25) is 0 Å². The number of hydrogen-bond acceptors (Lipinski definition) is 4. The molecule has 0 aliphatic rings. The number of nitrogens with one attached hydrogen (secondary N) is 2. The molecular formula is C20H24N2O4S. The van der Waals surface area contributed by atoms with Crippen molar-refractivity contribution in [2.24, 2.45) is 0 Å². The molecule has 0 radical (unpaired) electrons. The highest BCUT2D eigenvalue weighted by atomic mass is 32.2. The van der Waals surface area contributed by atoms with Crippen molar-refractivity contribution in [2.75, 3.05) is 13.7 Å². The maximum atomic E-state index is 12.1. The lowest BCUT2D eigenvalue weighted by molar-refractivity contribution is -0.117. The van der Waals surface area contributed by atoms with Gasteiger partial charge in [0.2, 0.25) is 15.9 Å². The van der Waals surface area contributed by atoms with Gasteiger partial charge in [-0.25, -0.2) is 13.1 Å². The van der Waals surface area contributed by atoms with Gasteiger partial charge in [0.15, 0.2) is 0 Å². The lowest BCUT2D eigenvalue weighted by Crippen LogP contribution is -2.24. The van der Waals surface area contributed by atoms with Gasteiger partial charge in [-0.2, -0.15) is 0 Å². The second kappa shape index (κ2) is 9.34. The highest BCUT2D eigenvalue weighted by molar-refractivity contribution is 7.89. The molecule has 2 N–H and O–H groups in total. The number of benzene rings is 2. The molecule has 27 heavy (non-hydrogen) atoms. The number of carbonyl (C=O) groups is 1. The lowest BCUT2D eigenvalue weighted by Gasteiger charge is -2.13. The van der Waals surface area contributed by atoms with Crippen molar-refractivity contribution in [3.05, 3.63) is 65.7 Å². The fourth-order valence-electron chi connectivity index (χ4n) is 2.41. The van der Waals surface area contributed by atoms with Crippen molar-refractivity contribution in [3.63, 3.8) is 0 Å². The van der Waals surface area contributed by atoms with Crippen LogP contribution < -0.4 is 14.8 Å². The zero-order valence-electron chi connectivity index (χ0n) is 15.6. The Kier molecular flexibility index (Phi) is 7.15. The second-order valence-corrected chi connectivity index (χ2v) is 7.73. The first-order valence-electron chi connectivity index (χ1n) is 8.60. The Morgan fingerprint density at radius 1 is 1.11 bits per heavy atom. The Hall–Kier alpha value is -2.64. The molecule has 0 saturated heterocycles. The highest BCUT2D eigenvalue weighted by Gasteiger charge is 2.10. The number of hydrogen-bond donors (Lipinski definition) is 2. The van der Waals surface area contributed by atoms with E-state index in [0.29, 0.717) is 6.61 Å². The number of amides is 1. The summed E-state index contributed by atoms with van der Waals surface area (Å²) in [5.41, 5.74) is 1.70. The van der Waals surface area contributed by atoms with Crippen LogP contribution >= 0.6 is 0 Å². The van der Waals surface area contributed by atoms with Gasteiger partial charge in [-0.3, -0.25) is 4.79 Å². The van der Waals surface area contributed by atoms with E-state index in [0.717, 1.165) is 16.9 Å². The number of sulfonamides is 1. The quantitative estimate of drug-likeness (QED) is 0.681. The molecule has 0 bridgehead atoms. The second-order valence-electron chi connectivity index (χ2n) is 5.84. The molecule has 7 heteroatoms. The molecule has 0 spiro atoms. The molecule has 6 nitrogen and oxygen atoms in total. The minimum absolute atomic E-state index is 0.152. The molecule has 2 aromatic carbocycles. The topological polar surface area (TPSA) is 84.5 Å². The summed E-state index contributed by atoms with van der Waals surface area (Å²) >= 11 is 0. The number of ether oxygens (including phenoxy) is 1. The van der Waals surface area contributed by atoms with E-state index in [1.165, 1.54) is 25.3 Å². The van der Waals surface area contributed by atoms with Crippen molar-refractivity contribution in [3.8, 4) is 5.75 Å². The van der Waals surface area contributed by atoms with Crippen LogP contribution in [0.4, 0.5) is 0 Å². The lowest BCUT2D eigenvalue weighted by atomic mass is 10.1. The van der Waals surface area contributed by atoms with E-state index in [-0.39, 0.29) is 16.8 Å². The molecule has 0 aromatic heterocycles. The average molecular weight is 388 g/mol. The summed E-state index contributed by atoms with van der Waals surface area (Å²) in [6.45, 7) is 4.44. The molecule has 0 saturated carbocycles. The Balaban J connectivity index is 1.96. The molecule has 1 atom stereocenters. The van der Waals surface area contributed by atoms with Gasteiger partial charge in [0, 0.05) is 6.08 Å². The van der Waals surface area contributed by atoms with Gasteiger partial charge in [0.1, 0.15) is 5.75 Å². The van der Waals surface area contributed by atoms with Crippen molar-refractivity contribution in [1.29, 1.82) is 0 Å². The zero-order valence-corrected chi connectivity index (χ0v) is 16.4. The Morgan fingerprint density at radius 2 is 1.74 bits per heavy atom.